The Morgan fingerprint density at radius 1 is 1.31 bits per heavy atom. The molecule has 0 aliphatic rings. The van der Waals surface area contributed by atoms with Gasteiger partial charge in [-0.05, 0) is 31.0 Å². The van der Waals surface area contributed by atoms with Gasteiger partial charge in [0.15, 0.2) is 0 Å². The minimum Gasteiger partial charge on any atom is -0.382 e. The van der Waals surface area contributed by atoms with Crippen molar-refractivity contribution in [3.8, 4) is 5.75 Å². The van der Waals surface area contributed by atoms with Crippen molar-refractivity contribution in [3.63, 3.8) is 0 Å². The van der Waals surface area contributed by atoms with Crippen LogP contribution in [0.25, 0.3) is 0 Å². The van der Waals surface area contributed by atoms with Crippen molar-refractivity contribution in [1.82, 2.24) is 4.90 Å². The zero-order chi connectivity index (χ0) is 19.9. The lowest BCUT2D eigenvalue weighted by molar-refractivity contribution is -0.857. The highest BCUT2D eigenvalue weighted by Gasteiger charge is 2.20. The second kappa shape index (κ2) is 10.1. The molecule has 26 heavy (non-hydrogen) atoms. The molecular weight excluding hydrogens is 376 g/mol. The van der Waals surface area contributed by atoms with Crippen LogP contribution < -0.4 is 9.08 Å². The van der Waals surface area contributed by atoms with Crippen LogP contribution in [0.2, 0.25) is 5.02 Å². The van der Waals surface area contributed by atoms with Gasteiger partial charge < -0.3 is 14.0 Å². The Labute approximate surface area is 162 Å². The summed E-state index contributed by atoms with van der Waals surface area (Å²) >= 11 is 6.08. The standard InChI is InChI=1S/C18H29ClN2O4S/c1-6-26(23,24)25-17-8-7-16(19)12-15(17)13-21(10-9-20(4)5)18(22)11-14(2)3/h7-8,12,14H,6,9-11,13H2,1-5H3/p+1. The van der Waals surface area contributed by atoms with Gasteiger partial charge in [0.2, 0.25) is 5.91 Å². The average molecular weight is 406 g/mol. The summed E-state index contributed by atoms with van der Waals surface area (Å²) in [6.45, 7) is 7.12. The van der Waals surface area contributed by atoms with Gasteiger partial charge in [-0.2, -0.15) is 8.42 Å². The van der Waals surface area contributed by atoms with Gasteiger partial charge in [0.05, 0.1) is 32.9 Å². The Morgan fingerprint density at radius 2 is 1.96 bits per heavy atom. The highest BCUT2D eigenvalue weighted by atomic mass is 35.5. The van der Waals surface area contributed by atoms with E-state index in [0.29, 0.717) is 23.6 Å². The van der Waals surface area contributed by atoms with E-state index in [0.717, 1.165) is 6.54 Å². The summed E-state index contributed by atoms with van der Waals surface area (Å²) in [5.74, 6) is 0.364. The first-order chi connectivity index (χ1) is 12.0. The molecule has 1 N–H and O–H groups in total. The van der Waals surface area contributed by atoms with E-state index in [4.69, 9.17) is 15.8 Å². The summed E-state index contributed by atoms with van der Waals surface area (Å²) in [6, 6.07) is 4.77. The molecule has 8 heteroatoms. The first-order valence-corrected chi connectivity index (χ1v) is 10.8. The van der Waals surface area contributed by atoms with Crippen LogP contribution >= 0.6 is 11.6 Å². The summed E-state index contributed by atoms with van der Waals surface area (Å²) in [5, 5.41) is 0.468. The maximum Gasteiger partial charge on any atom is 0.308 e. The number of likely N-dealkylation sites (N-methyl/N-ethyl adjacent to an activating group) is 1. The Balaban J connectivity index is 3.11. The Hall–Kier alpha value is -1.31. The van der Waals surface area contributed by atoms with Gasteiger partial charge in [0.1, 0.15) is 5.75 Å². The number of nitrogens with zero attached hydrogens (tertiary/aromatic N) is 1. The molecule has 1 rings (SSSR count). The molecule has 0 saturated heterocycles. The summed E-state index contributed by atoms with van der Waals surface area (Å²) in [4.78, 5) is 15.6. The second-order valence-corrected chi connectivity index (χ2v) is 9.35. The number of halogens is 1. The number of hydrogen-bond acceptors (Lipinski definition) is 4. The molecule has 0 aliphatic heterocycles. The zero-order valence-corrected chi connectivity index (χ0v) is 17.8. The molecule has 0 atom stereocenters. The molecule has 0 aromatic heterocycles. The largest absolute Gasteiger partial charge is 0.382 e. The zero-order valence-electron chi connectivity index (χ0n) is 16.2. The predicted molar refractivity (Wildman–Crippen MR) is 104 cm³/mol. The number of rotatable bonds is 10. The van der Waals surface area contributed by atoms with Crippen LogP contribution in [-0.4, -0.2) is 52.2 Å². The third kappa shape index (κ3) is 7.93. The molecule has 1 aromatic rings. The van der Waals surface area contributed by atoms with Gasteiger partial charge in [-0.3, -0.25) is 4.79 Å². The van der Waals surface area contributed by atoms with Crippen molar-refractivity contribution in [2.75, 3.05) is 32.9 Å². The van der Waals surface area contributed by atoms with Crippen LogP contribution in [0.4, 0.5) is 0 Å². The summed E-state index contributed by atoms with van der Waals surface area (Å²) in [7, 11) is 0.382. The lowest BCUT2D eigenvalue weighted by Gasteiger charge is -2.25. The van der Waals surface area contributed by atoms with Crippen molar-refractivity contribution >= 4 is 27.6 Å². The fraction of sp³-hybridized carbons (Fsp3) is 0.611. The minimum absolute atomic E-state index is 0.0329. The fourth-order valence-corrected chi connectivity index (χ4v) is 3.03. The van der Waals surface area contributed by atoms with E-state index in [1.807, 2.05) is 27.9 Å². The van der Waals surface area contributed by atoms with Gasteiger partial charge in [0.25, 0.3) is 0 Å². The molecule has 0 unspecified atom stereocenters. The first kappa shape index (κ1) is 22.7. The number of hydrogen-bond donors (Lipinski definition) is 1. The van der Waals surface area contributed by atoms with Gasteiger partial charge in [-0.15, -0.1) is 0 Å². The van der Waals surface area contributed by atoms with Crippen LogP contribution in [0, 0.1) is 5.92 Å². The molecule has 6 nitrogen and oxygen atoms in total. The second-order valence-electron chi connectivity index (χ2n) is 7.05. The molecule has 0 radical (unpaired) electrons. The Bertz CT molecular complexity index is 705. The van der Waals surface area contributed by atoms with Crippen molar-refractivity contribution in [2.24, 2.45) is 5.92 Å². The molecule has 1 aromatic carbocycles. The smallest absolute Gasteiger partial charge is 0.308 e. The van der Waals surface area contributed by atoms with Crippen molar-refractivity contribution < 1.29 is 22.3 Å². The van der Waals surface area contributed by atoms with Crippen LogP contribution in [0.1, 0.15) is 32.8 Å². The van der Waals surface area contributed by atoms with E-state index in [-0.39, 0.29) is 29.9 Å². The summed E-state index contributed by atoms with van der Waals surface area (Å²) in [5.41, 5.74) is 0.584. The summed E-state index contributed by atoms with van der Waals surface area (Å²) < 4.78 is 28.9. The predicted octanol–water partition coefficient (Wildman–Crippen LogP) is 1.59. The van der Waals surface area contributed by atoms with Gasteiger partial charge in [-0.25, -0.2) is 0 Å². The third-order valence-corrected chi connectivity index (χ3v) is 5.15. The topological polar surface area (TPSA) is 68.1 Å². The molecule has 0 spiro atoms. The van der Waals surface area contributed by atoms with Gasteiger partial charge in [0, 0.05) is 23.6 Å². The average Bonchev–Trinajstić information content (AvgIpc) is 2.52. The van der Waals surface area contributed by atoms with Gasteiger partial charge >= 0.3 is 10.1 Å². The molecular formula is C18H30ClN2O4S+. The lowest BCUT2D eigenvalue weighted by Crippen LogP contribution is -3.06. The van der Waals surface area contributed by atoms with E-state index < -0.39 is 10.1 Å². The van der Waals surface area contributed by atoms with Crippen molar-refractivity contribution in [1.29, 1.82) is 0 Å². The monoisotopic (exact) mass is 405 g/mol. The van der Waals surface area contributed by atoms with E-state index in [1.165, 1.54) is 17.9 Å². The van der Waals surface area contributed by atoms with E-state index >= 15 is 0 Å². The highest BCUT2D eigenvalue weighted by Crippen LogP contribution is 2.26. The number of benzene rings is 1. The van der Waals surface area contributed by atoms with Gasteiger partial charge in [-0.1, -0.05) is 25.4 Å². The first-order valence-electron chi connectivity index (χ1n) is 8.81. The lowest BCUT2D eigenvalue weighted by atomic mass is 10.1. The third-order valence-electron chi connectivity index (χ3n) is 3.77. The Morgan fingerprint density at radius 3 is 2.50 bits per heavy atom. The molecule has 0 saturated carbocycles. The minimum atomic E-state index is -3.66. The molecule has 148 valence electrons. The highest BCUT2D eigenvalue weighted by molar-refractivity contribution is 7.87. The number of quaternary nitrogens is 1. The van der Waals surface area contributed by atoms with E-state index in [2.05, 4.69) is 0 Å². The molecule has 0 aliphatic carbocycles. The van der Waals surface area contributed by atoms with Crippen molar-refractivity contribution in [3.05, 3.63) is 28.8 Å². The SMILES string of the molecule is CCS(=O)(=O)Oc1ccc(Cl)cc1CN(CC[NH+](C)C)C(=O)CC(C)C. The van der Waals surface area contributed by atoms with Crippen LogP contribution in [0.5, 0.6) is 5.75 Å². The van der Waals surface area contributed by atoms with Crippen molar-refractivity contribution in [2.45, 2.75) is 33.7 Å². The number of carbonyl (C=O) groups is 1. The van der Waals surface area contributed by atoms with Crippen LogP contribution in [0.3, 0.4) is 0 Å². The number of carbonyl (C=O) groups excluding carboxylic acids is 1. The summed E-state index contributed by atoms with van der Waals surface area (Å²) in [6.07, 6.45) is 0.437. The van der Waals surface area contributed by atoms with Crippen LogP contribution in [0.15, 0.2) is 18.2 Å². The maximum absolute atomic E-state index is 12.6. The normalized spacial score (nSPS) is 11.8. The molecule has 1 amide bonds. The number of amides is 1. The van der Waals surface area contributed by atoms with E-state index in [9.17, 15) is 13.2 Å². The quantitative estimate of drug-likeness (QED) is 0.600. The van der Waals surface area contributed by atoms with E-state index in [1.54, 1.807) is 17.0 Å². The number of nitrogens with one attached hydrogen (secondary N) is 1. The molecule has 0 heterocycles. The Kier molecular flexibility index (Phi) is 8.86. The fourth-order valence-electron chi connectivity index (χ4n) is 2.28. The van der Waals surface area contributed by atoms with Crippen LogP contribution in [-0.2, 0) is 21.5 Å². The maximum atomic E-state index is 12.6. The molecule has 0 fully saturated rings. The molecule has 0 bridgehead atoms.